The maximum Gasteiger partial charge on any atom is 0.141 e. The van der Waals surface area contributed by atoms with Crippen LogP contribution in [0.3, 0.4) is 0 Å². The summed E-state index contributed by atoms with van der Waals surface area (Å²) < 4.78 is 0. The highest BCUT2D eigenvalue weighted by Gasteiger charge is 2.58. The number of rotatable bonds is 2. The number of aryl methyl sites for hydroxylation is 1. The molecule has 6 heterocycles. The summed E-state index contributed by atoms with van der Waals surface area (Å²) in [5, 5.41) is 11.8. The Morgan fingerprint density at radius 1 is 0.932 bits per heavy atom. The number of para-hydroxylation sites is 1. The molecule has 5 heteroatoms. The molecule has 1 aliphatic carbocycles. The van der Waals surface area contributed by atoms with E-state index in [1.54, 1.807) is 11.6 Å². The van der Waals surface area contributed by atoms with Crippen LogP contribution >= 0.6 is 0 Å². The zero-order valence-corrected chi connectivity index (χ0v) is 26.9. The van der Waals surface area contributed by atoms with Crippen LogP contribution in [0.25, 0.3) is 17.0 Å². The summed E-state index contributed by atoms with van der Waals surface area (Å²) in [6.45, 7) is 6.87. The Morgan fingerprint density at radius 2 is 1.82 bits per heavy atom. The smallest absolute Gasteiger partial charge is 0.141 e. The van der Waals surface area contributed by atoms with Crippen molar-refractivity contribution in [3.05, 3.63) is 64.9 Å². The van der Waals surface area contributed by atoms with Gasteiger partial charge in [0.1, 0.15) is 11.3 Å². The van der Waals surface area contributed by atoms with E-state index in [-0.39, 0.29) is 5.75 Å². The van der Waals surface area contributed by atoms with Crippen LogP contribution < -0.4 is 5.73 Å². The maximum atomic E-state index is 10.7. The van der Waals surface area contributed by atoms with Crippen molar-refractivity contribution in [2.75, 3.05) is 39.3 Å². The lowest BCUT2D eigenvalue weighted by Gasteiger charge is -2.64. The minimum Gasteiger partial charge on any atom is -0.506 e. The van der Waals surface area contributed by atoms with Crippen molar-refractivity contribution in [1.29, 1.82) is 0 Å². The molecule has 2 aromatic rings. The number of hydrogen-bond donors (Lipinski definition) is 2. The fourth-order valence-electron chi connectivity index (χ4n) is 9.99. The van der Waals surface area contributed by atoms with Gasteiger partial charge in [-0.2, -0.15) is 0 Å². The number of phenolic OH excluding ortho intramolecular Hbond substituents is 1. The molecule has 44 heavy (non-hydrogen) atoms. The van der Waals surface area contributed by atoms with Crippen molar-refractivity contribution in [2.45, 2.75) is 95.9 Å². The number of hydrogen-bond acceptors (Lipinski definition) is 5. The van der Waals surface area contributed by atoms with E-state index in [1.165, 1.54) is 108 Å². The summed E-state index contributed by atoms with van der Waals surface area (Å²) in [6.07, 6.45) is 29.5. The van der Waals surface area contributed by atoms with Crippen molar-refractivity contribution >= 4 is 17.0 Å². The van der Waals surface area contributed by atoms with Crippen LogP contribution in [0, 0.1) is 17.3 Å². The lowest BCUT2D eigenvalue weighted by atomic mass is 9.52. The number of piperidine rings is 2. The minimum absolute atomic E-state index is 0.276. The van der Waals surface area contributed by atoms with Crippen molar-refractivity contribution in [3.63, 3.8) is 0 Å². The fourth-order valence-corrected chi connectivity index (χ4v) is 9.99. The third-order valence-corrected chi connectivity index (χ3v) is 11.8. The van der Waals surface area contributed by atoms with Crippen LogP contribution in [0.15, 0.2) is 48.1 Å². The number of fused-ring (bicyclic) bond motifs is 3. The molecule has 6 bridgehead atoms. The molecule has 0 amide bonds. The minimum atomic E-state index is 0.276. The molecule has 6 atom stereocenters. The Hall–Kier alpha value is -2.47. The van der Waals surface area contributed by atoms with E-state index in [4.69, 9.17) is 10.7 Å². The predicted molar refractivity (Wildman–Crippen MR) is 183 cm³/mol. The highest BCUT2D eigenvalue weighted by Crippen LogP contribution is 2.57. The summed E-state index contributed by atoms with van der Waals surface area (Å²) >= 11 is 0. The van der Waals surface area contributed by atoms with E-state index in [0.717, 1.165) is 48.2 Å². The van der Waals surface area contributed by atoms with Gasteiger partial charge in [0.2, 0.25) is 0 Å². The topological polar surface area (TPSA) is 65.6 Å². The Balaban J connectivity index is 1.26. The largest absolute Gasteiger partial charge is 0.506 e. The van der Waals surface area contributed by atoms with Gasteiger partial charge in [0.05, 0.1) is 0 Å². The number of nitrogens with zero attached hydrogens (tertiary/aromatic N) is 3. The van der Waals surface area contributed by atoms with E-state index in [1.807, 2.05) is 6.07 Å². The van der Waals surface area contributed by atoms with Crippen LogP contribution in [-0.4, -0.2) is 65.2 Å². The van der Waals surface area contributed by atoms with Crippen LogP contribution in [0.5, 0.6) is 5.75 Å². The molecule has 6 aliphatic rings. The first-order valence-corrected chi connectivity index (χ1v) is 18.0. The average molecular weight is 595 g/mol. The maximum absolute atomic E-state index is 10.7. The molecule has 0 radical (unpaired) electrons. The van der Waals surface area contributed by atoms with Crippen LogP contribution in [-0.2, 0) is 12.8 Å². The first kappa shape index (κ1) is 30.2. The van der Waals surface area contributed by atoms with E-state index >= 15 is 0 Å². The van der Waals surface area contributed by atoms with Gasteiger partial charge in [0, 0.05) is 35.6 Å². The molecule has 1 aromatic carbocycles. The van der Waals surface area contributed by atoms with E-state index < -0.39 is 0 Å². The van der Waals surface area contributed by atoms with Gasteiger partial charge in [0.25, 0.3) is 0 Å². The van der Waals surface area contributed by atoms with Gasteiger partial charge >= 0.3 is 0 Å². The zero-order chi connectivity index (χ0) is 29.9. The van der Waals surface area contributed by atoms with Gasteiger partial charge in [-0.05, 0) is 132 Å². The molecule has 5 nitrogen and oxygen atoms in total. The van der Waals surface area contributed by atoms with Gasteiger partial charge in [0.15, 0.2) is 0 Å². The second-order valence-electron chi connectivity index (χ2n) is 14.5. The Kier molecular flexibility index (Phi) is 9.26. The van der Waals surface area contributed by atoms with E-state index in [9.17, 15) is 5.11 Å². The second-order valence-corrected chi connectivity index (χ2v) is 14.5. The second kappa shape index (κ2) is 13.5. The quantitative estimate of drug-likeness (QED) is 0.354. The summed E-state index contributed by atoms with van der Waals surface area (Å²) in [5.74, 6) is 1.79. The number of aromatic hydroxyl groups is 1. The summed E-state index contributed by atoms with van der Waals surface area (Å²) in [7, 11) is 0. The Labute approximate surface area is 265 Å². The number of allylic oxidation sites excluding steroid dienone is 3. The number of nitrogens with two attached hydrogens (primary N) is 1. The first-order chi connectivity index (χ1) is 21.7. The molecular formula is C39H54N4O. The molecule has 3 N–H and O–H groups in total. The Morgan fingerprint density at radius 3 is 2.75 bits per heavy atom. The van der Waals surface area contributed by atoms with Gasteiger partial charge in [-0.3, -0.25) is 4.90 Å². The van der Waals surface area contributed by atoms with E-state index in [2.05, 4.69) is 46.2 Å². The van der Waals surface area contributed by atoms with Gasteiger partial charge in [-0.15, -0.1) is 0 Å². The predicted octanol–water partition coefficient (Wildman–Crippen LogP) is 7.42. The third kappa shape index (κ3) is 5.81. The van der Waals surface area contributed by atoms with Crippen LogP contribution in [0.1, 0.15) is 93.9 Å². The lowest BCUT2D eigenvalue weighted by Crippen LogP contribution is -2.68. The normalized spacial score (nSPS) is 34.4. The fraction of sp³-hybridized carbons (Fsp3) is 0.615. The van der Waals surface area contributed by atoms with Crippen molar-refractivity contribution in [3.8, 4) is 5.75 Å². The Bertz CT molecular complexity index is 1410. The highest BCUT2D eigenvalue weighted by molar-refractivity contribution is 5.90. The highest BCUT2D eigenvalue weighted by atomic mass is 16.3. The number of benzene rings is 1. The number of pyridine rings is 1. The number of phenols is 1. The molecule has 1 aromatic heterocycles. The van der Waals surface area contributed by atoms with E-state index in [0.29, 0.717) is 23.9 Å². The molecule has 236 valence electrons. The molecule has 2 fully saturated rings. The lowest BCUT2D eigenvalue weighted by molar-refractivity contribution is -0.110. The molecule has 1 spiro atoms. The molecule has 2 saturated heterocycles. The van der Waals surface area contributed by atoms with Crippen LogP contribution in [0.2, 0.25) is 0 Å². The molecule has 5 aliphatic heterocycles. The molecule has 0 saturated carbocycles. The summed E-state index contributed by atoms with van der Waals surface area (Å²) in [6, 6.07) is 6.40. The monoisotopic (exact) mass is 594 g/mol. The SMILES string of the molecule is NCCc1c2c(nc3c(O)cccc13)CCCCN1CC3C=C4CC/C=C\CCCCCCN5CC[C@@H]3[C@@](CC/C=C\2)(C5)[C@@H]41. The van der Waals surface area contributed by atoms with Gasteiger partial charge in [-0.25, -0.2) is 4.98 Å². The molecular weight excluding hydrogens is 540 g/mol. The third-order valence-electron chi connectivity index (χ3n) is 11.8. The molecule has 3 unspecified atom stereocenters. The van der Waals surface area contributed by atoms with Crippen LogP contribution in [0.4, 0.5) is 0 Å². The van der Waals surface area contributed by atoms with Gasteiger partial charge in [-0.1, -0.05) is 60.9 Å². The van der Waals surface area contributed by atoms with Crippen molar-refractivity contribution < 1.29 is 5.11 Å². The summed E-state index contributed by atoms with van der Waals surface area (Å²) in [4.78, 5) is 10.9. The average Bonchev–Trinajstić information content (AvgIpc) is 3.03. The van der Waals surface area contributed by atoms with Gasteiger partial charge < -0.3 is 15.7 Å². The van der Waals surface area contributed by atoms with Crippen molar-refractivity contribution in [2.24, 2.45) is 23.0 Å². The molecule has 8 rings (SSSR count). The first-order valence-electron chi connectivity index (χ1n) is 18.0. The van der Waals surface area contributed by atoms with Crippen molar-refractivity contribution in [1.82, 2.24) is 14.8 Å². The summed E-state index contributed by atoms with van der Waals surface area (Å²) in [5.41, 5.74) is 12.6. The standard InChI is InChI=1S/C39H54N4O/c40-22-19-31-32-15-8-10-21-39-28-42-23-11-6-4-2-1-3-5-7-14-29-26-30(34(39)20-25-42)27-43(38(29)39)24-12-9-17-35(32)41-37-33(31)16-13-18-36(37)44/h3,5,8,13,15-16,18,26,30,34,38,44H,1-2,4,6-7,9-12,14,17,19-25,27-28,40H2/b5-3-,15-8-/t30?,34-,38+,39+/m0/s1. The number of aromatic nitrogens is 1. The zero-order valence-electron chi connectivity index (χ0n) is 26.9.